The van der Waals surface area contributed by atoms with Gasteiger partial charge in [0.25, 0.3) is 0 Å². The Morgan fingerprint density at radius 1 is 1.19 bits per heavy atom. The molecule has 0 amide bonds. The van der Waals surface area contributed by atoms with Gasteiger partial charge in [-0.05, 0) is 30.5 Å². The smallest absolute Gasteiger partial charge is 0.165 e. The van der Waals surface area contributed by atoms with Crippen molar-refractivity contribution in [3.8, 4) is 17.2 Å². The largest absolute Gasteiger partial charge is 0.383 e. The molecule has 0 unspecified atom stereocenters. The first kappa shape index (κ1) is 13.6. The van der Waals surface area contributed by atoms with Crippen LogP contribution in [0.25, 0.3) is 11.1 Å². The number of nitrogens with zero attached hydrogens (tertiary/aromatic N) is 2. The van der Waals surface area contributed by atoms with Gasteiger partial charge in [0.1, 0.15) is 17.5 Å². The molecule has 0 aliphatic heterocycles. The number of halogens is 1. The minimum Gasteiger partial charge on any atom is -0.383 e. The van der Waals surface area contributed by atoms with Crippen LogP contribution in [0, 0.1) is 11.3 Å². The molecular formula is C16H12ClN3O. The Hall–Kier alpha value is -2.38. The average molecular weight is 298 g/mol. The molecule has 1 aromatic heterocycles. The molecule has 2 aromatic rings. The predicted octanol–water partition coefficient (Wildman–Crippen LogP) is 3.37. The molecule has 0 fully saturated rings. The summed E-state index contributed by atoms with van der Waals surface area (Å²) in [5.41, 5.74) is 8.72. The molecule has 0 atom stereocenters. The van der Waals surface area contributed by atoms with Gasteiger partial charge in [0.05, 0.1) is 5.69 Å². The van der Waals surface area contributed by atoms with Gasteiger partial charge >= 0.3 is 0 Å². The standard InChI is InChI=1S/C16H12ClN3O/c17-10-6-4-9(5-7-10)14-11(8-18)16(19)20-12-2-1-3-13(21)15(12)14/h4-7H,1-3H2,(H2,19,20). The second-order valence-electron chi connectivity index (χ2n) is 4.96. The van der Waals surface area contributed by atoms with Gasteiger partial charge in [-0.25, -0.2) is 4.98 Å². The first-order valence-electron chi connectivity index (χ1n) is 6.63. The lowest BCUT2D eigenvalue weighted by molar-refractivity contribution is 0.0972. The van der Waals surface area contributed by atoms with Crippen LogP contribution in [0.2, 0.25) is 5.02 Å². The van der Waals surface area contributed by atoms with Gasteiger partial charge in [-0.3, -0.25) is 4.79 Å². The maximum absolute atomic E-state index is 12.3. The van der Waals surface area contributed by atoms with Crippen molar-refractivity contribution < 1.29 is 4.79 Å². The van der Waals surface area contributed by atoms with E-state index < -0.39 is 0 Å². The van der Waals surface area contributed by atoms with Crippen molar-refractivity contribution in [3.05, 3.63) is 46.1 Å². The van der Waals surface area contributed by atoms with Crippen LogP contribution in [0.15, 0.2) is 24.3 Å². The molecule has 1 aliphatic rings. The maximum Gasteiger partial charge on any atom is 0.165 e. The summed E-state index contributed by atoms with van der Waals surface area (Å²) < 4.78 is 0. The number of ketones is 1. The van der Waals surface area contributed by atoms with E-state index in [-0.39, 0.29) is 17.2 Å². The maximum atomic E-state index is 12.3. The van der Waals surface area contributed by atoms with Gasteiger partial charge in [-0.2, -0.15) is 5.26 Å². The Bertz CT molecular complexity index is 776. The van der Waals surface area contributed by atoms with E-state index >= 15 is 0 Å². The highest BCUT2D eigenvalue weighted by molar-refractivity contribution is 6.30. The van der Waals surface area contributed by atoms with E-state index in [0.717, 1.165) is 12.0 Å². The monoisotopic (exact) mass is 297 g/mol. The zero-order valence-corrected chi connectivity index (χ0v) is 11.9. The van der Waals surface area contributed by atoms with Crippen molar-refractivity contribution >= 4 is 23.2 Å². The number of hydrogen-bond donors (Lipinski definition) is 1. The molecule has 0 radical (unpaired) electrons. The second kappa shape index (κ2) is 5.19. The van der Waals surface area contributed by atoms with Gasteiger partial charge in [-0.1, -0.05) is 23.7 Å². The van der Waals surface area contributed by atoms with E-state index in [4.69, 9.17) is 17.3 Å². The summed E-state index contributed by atoms with van der Waals surface area (Å²) in [6, 6.07) is 9.12. The highest BCUT2D eigenvalue weighted by Gasteiger charge is 2.27. The Morgan fingerprint density at radius 2 is 1.90 bits per heavy atom. The predicted molar refractivity (Wildman–Crippen MR) is 81.1 cm³/mol. The van der Waals surface area contributed by atoms with Gasteiger partial charge in [0.2, 0.25) is 0 Å². The number of carbonyl (C=O) groups excluding carboxylic acids is 1. The fraction of sp³-hybridized carbons (Fsp3) is 0.188. The summed E-state index contributed by atoms with van der Waals surface area (Å²) in [6.45, 7) is 0. The molecule has 2 N–H and O–H groups in total. The van der Waals surface area contributed by atoms with Crippen molar-refractivity contribution in [3.63, 3.8) is 0 Å². The Kier molecular flexibility index (Phi) is 3.36. The van der Waals surface area contributed by atoms with Crippen LogP contribution in [0.3, 0.4) is 0 Å². The van der Waals surface area contributed by atoms with E-state index in [1.807, 2.05) is 0 Å². The molecule has 0 saturated heterocycles. The van der Waals surface area contributed by atoms with Crippen molar-refractivity contribution in [1.29, 1.82) is 5.26 Å². The van der Waals surface area contributed by atoms with Gasteiger partial charge in [0, 0.05) is 22.6 Å². The molecule has 104 valence electrons. The number of anilines is 1. The average Bonchev–Trinajstić information content (AvgIpc) is 2.47. The third-order valence-corrected chi connectivity index (χ3v) is 3.89. The number of nitrogen functional groups attached to an aromatic ring is 1. The van der Waals surface area contributed by atoms with Crippen LogP contribution in [-0.2, 0) is 6.42 Å². The van der Waals surface area contributed by atoms with Crippen LogP contribution in [0.1, 0.15) is 34.5 Å². The number of fused-ring (bicyclic) bond motifs is 1. The summed E-state index contributed by atoms with van der Waals surface area (Å²) in [4.78, 5) is 16.6. The quantitative estimate of drug-likeness (QED) is 0.875. The molecule has 3 rings (SSSR count). The third-order valence-electron chi connectivity index (χ3n) is 3.64. The summed E-state index contributed by atoms with van der Waals surface area (Å²) in [5, 5.41) is 9.99. The van der Waals surface area contributed by atoms with E-state index in [2.05, 4.69) is 11.1 Å². The van der Waals surface area contributed by atoms with Crippen LogP contribution < -0.4 is 5.73 Å². The lowest BCUT2D eigenvalue weighted by Crippen LogP contribution is -2.17. The lowest BCUT2D eigenvalue weighted by atomic mass is 9.86. The molecule has 21 heavy (non-hydrogen) atoms. The van der Waals surface area contributed by atoms with Crippen LogP contribution in [-0.4, -0.2) is 10.8 Å². The number of nitriles is 1. The molecule has 0 saturated carbocycles. The first-order chi connectivity index (χ1) is 10.1. The zero-order valence-electron chi connectivity index (χ0n) is 11.2. The molecule has 1 heterocycles. The summed E-state index contributed by atoms with van der Waals surface area (Å²) in [7, 11) is 0. The number of aryl methyl sites for hydroxylation is 1. The van der Waals surface area contributed by atoms with Crippen LogP contribution >= 0.6 is 11.6 Å². The number of rotatable bonds is 1. The summed E-state index contributed by atoms with van der Waals surface area (Å²) in [6.07, 6.45) is 1.95. The Morgan fingerprint density at radius 3 is 2.57 bits per heavy atom. The normalized spacial score (nSPS) is 13.6. The van der Waals surface area contributed by atoms with E-state index in [1.54, 1.807) is 24.3 Å². The van der Waals surface area contributed by atoms with Crippen molar-refractivity contribution in [2.75, 3.05) is 5.73 Å². The number of nitrogens with two attached hydrogens (primary N) is 1. The van der Waals surface area contributed by atoms with E-state index in [1.165, 1.54) is 0 Å². The number of pyridine rings is 1. The highest BCUT2D eigenvalue weighted by Crippen LogP contribution is 2.36. The molecular weight excluding hydrogens is 286 g/mol. The number of aromatic nitrogens is 1. The third kappa shape index (κ3) is 2.26. The Labute approximate surface area is 127 Å². The summed E-state index contributed by atoms with van der Waals surface area (Å²) >= 11 is 5.91. The van der Waals surface area contributed by atoms with E-state index in [0.29, 0.717) is 34.7 Å². The van der Waals surface area contributed by atoms with Gasteiger partial charge in [0.15, 0.2) is 5.78 Å². The molecule has 5 heteroatoms. The van der Waals surface area contributed by atoms with Gasteiger partial charge < -0.3 is 5.73 Å². The Balaban J connectivity index is 2.36. The topological polar surface area (TPSA) is 79.8 Å². The highest BCUT2D eigenvalue weighted by atomic mass is 35.5. The van der Waals surface area contributed by atoms with Crippen LogP contribution in [0.5, 0.6) is 0 Å². The zero-order chi connectivity index (χ0) is 15.0. The molecule has 0 spiro atoms. The van der Waals surface area contributed by atoms with Crippen molar-refractivity contribution in [2.45, 2.75) is 19.3 Å². The van der Waals surface area contributed by atoms with Crippen LogP contribution in [0.4, 0.5) is 5.82 Å². The molecule has 4 nitrogen and oxygen atoms in total. The number of Topliss-reactive ketones (excluding diaryl/α,β-unsaturated/α-hetero) is 1. The minimum absolute atomic E-state index is 0.0187. The molecule has 1 aromatic carbocycles. The number of benzene rings is 1. The van der Waals surface area contributed by atoms with Crippen molar-refractivity contribution in [2.24, 2.45) is 0 Å². The van der Waals surface area contributed by atoms with Crippen molar-refractivity contribution in [1.82, 2.24) is 4.98 Å². The first-order valence-corrected chi connectivity index (χ1v) is 7.01. The minimum atomic E-state index is 0.0187. The summed E-state index contributed by atoms with van der Waals surface area (Å²) in [5.74, 6) is 0.195. The molecule has 1 aliphatic carbocycles. The number of carbonyl (C=O) groups is 1. The van der Waals surface area contributed by atoms with E-state index in [9.17, 15) is 10.1 Å². The molecule has 0 bridgehead atoms. The number of hydrogen-bond acceptors (Lipinski definition) is 4. The fourth-order valence-electron chi connectivity index (χ4n) is 2.70. The van der Waals surface area contributed by atoms with Gasteiger partial charge in [-0.15, -0.1) is 0 Å². The lowest BCUT2D eigenvalue weighted by Gasteiger charge is -2.20. The second-order valence-corrected chi connectivity index (χ2v) is 5.40. The SMILES string of the molecule is N#Cc1c(N)nc2c(c1-c1ccc(Cl)cc1)C(=O)CCC2. The fourth-order valence-corrected chi connectivity index (χ4v) is 2.82.